The van der Waals surface area contributed by atoms with Crippen LogP contribution in [-0.4, -0.2) is 27.4 Å². The summed E-state index contributed by atoms with van der Waals surface area (Å²) < 4.78 is 6.18. The number of benzene rings is 2. The van der Waals surface area contributed by atoms with Gasteiger partial charge in [0.2, 0.25) is 5.78 Å². The lowest BCUT2D eigenvalue weighted by molar-refractivity contribution is 0.0971. The third-order valence-corrected chi connectivity index (χ3v) is 5.65. The number of rotatable bonds is 3. The van der Waals surface area contributed by atoms with E-state index in [-0.39, 0.29) is 33.8 Å². The molecule has 2 aliphatic rings. The zero-order valence-corrected chi connectivity index (χ0v) is 17.5. The first kappa shape index (κ1) is 20.0. The number of ether oxygens (including phenoxy) is 1. The molecule has 0 spiro atoms. The summed E-state index contributed by atoms with van der Waals surface area (Å²) in [5, 5.41) is 21.1. The second-order valence-electron chi connectivity index (χ2n) is 8.49. The predicted molar refractivity (Wildman–Crippen MR) is 115 cm³/mol. The highest BCUT2D eigenvalue weighted by Gasteiger charge is 2.38. The summed E-state index contributed by atoms with van der Waals surface area (Å²) in [6, 6.07) is 4.56. The van der Waals surface area contributed by atoms with Crippen LogP contribution >= 0.6 is 0 Å². The first-order chi connectivity index (χ1) is 14.1. The maximum atomic E-state index is 13.1. The molecule has 0 amide bonds. The van der Waals surface area contributed by atoms with Crippen molar-refractivity contribution in [3.05, 3.63) is 69.3 Å². The molecule has 30 heavy (non-hydrogen) atoms. The summed E-state index contributed by atoms with van der Waals surface area (Å²) in [5.41, 5.74) is 1.75. The lowest BCUT2D eigenvalue weighted by Crippen LogP contribution is -2.32. The van der Waals surface area contributed by atoms with Crippen molar-refractivity contribution < 1.29 is 24.5 Å². The fourth-order valence-electron chi connectivity index (χ4n) is 4.10. The minimum atomic E-state index is -0.589. The second kappa shape index (κ2) is 6.87. The number of carbonyl (C=O) groups is 2. The molecule has 1 atom stereocenters. The zero-order chi connectivity index (χ0) is 21.8. The number of aryl methyl sites for hydroxylation is 1. The Labute approximate surface area is 175 Å². The number of fused-ring (bicyclic) bond motifs is 3. The topological polar surface area (TPSA) is 83.8 Å². The third kappa shape index (κ3) is 3.11. The van der Waals surface area contributed by atoms with E-state index in [2.05, 4.69) is 6.08 Å². The van der Waals surface area contributed by atoms with Crippen LogP contribution in [0.25, 0.3) is 6.08 Å². The number of ketones is 2. The van der Waals surface area contributed by atoms with Gasteiger partial charge in [-0.05, 0) is 76.5 Å². The summed E-state index contributed by atoms with van der Waals surface area (Å²) in [6.45, 7) is 7.77. The highest BCUT2D eigenvalue weighted by molar-refractivity contribution is 6.30. The van der Waals surface area contributed by atoms with Crippen LogP contribution in [0.15, 0.2) is 35.9 Å². The maximum Gasteiger partial charge on any atom is 0.201 e. The molecule has 0 saturated heterocycles. The predicted octanol–water partition coefficient (Wildman–Crippen LogP) is 5.09. The molecule has 154 valence electrons. The molecule has 0 aromatic heterocycles. The zero-order valence-electron chi connectivity index (χ0n) is 17.5. The number of hydrogen-bond acceptors (Lipinski definition) is 5. The van der Waals surface area contributed by atoms with E-state index in [0.29, 0.717) is 16.9 Å². The van der Waals surface area contributed by atoms with Gasteiger partial charge in [0.15, 0.2) is 5.78 Å². The molecule has 2 N–H and O–H groups in total. The van der Waals surface area contributed by atoms with Crippen molar-refractivity contribution in [1.29, 1.82) is 0 Å². The molecular formula is C25H24O5. The van der Waals surface area contributed by atoms with E-state index in [4.69, 9.17) is 4.74 Å². The van der Waals surface area contributed by atoms with E-state index in [1.165, 1.54) is 17.7 Å². The van der Waals surface area contributed by atoms with Gasteiger partial charge in [0.1, 0.15) is 22.8 Å². The summed E-state index contributed by atoms with van der Waals surface area (Å²) in [4.78, 5) is 26.2. The highest BCUT2D eigenvalue weighted by atomic mass is 16.5. The quantitative estimate of drug-likeness (QED) is 0.594. The molecule has 0 bridgehead atoms. The van der Waals surface area contributed by atoms with Gasteiger partial charge in [-0.2, -0.15) is 0 Å². The summed E-state index contributed by atoms with van der Waals surface area (Å²) in [5.74, 6) is -1.17. The van der Waals surface area contributed by atoms with Gasteiger partial charge in [0, 0.05) is 11.1 Å². The van der Waals surface area contributed by atoms with Crippen molar-refractivity contribution in [2.75, 3.05) is 0 Å². The SMILES string of the molecule is CC(C)=CCCC1(C)C=Cc2c(cc3c(c2O)C(=O)c2c(O)cc(C)cc2C3=O)O1. The smallest absolute Gasteiger partial charge is 0.201 e. The van der Waals surface area contributed by atoms with Gasteiger partial charge in [-0.3, -0.25) is 9.59 Å². The van der Waals surface area contributed by atoms with Crippen molar-refractivity contribution in [2.24, 2.45) is 0 Å². The Bertz CT molecular complexity index is 1160. The summed E-state index contributed by atoms with van der Waals surface area (Å²) >= 11 is 0. The monoisotopic (exact) mass is 404 g/mol. The van der Waals surface area contributed by atoms with E-state index in [0.717, 1.165) is 12.8 Å². The Balaban J connectivity index is 1.80. The van der Waals surface area contributed by atoms with Gasteiger partial charge >= 0.3 is 0 Å². The molecule has 2 aromatic rings. The molecule has 0 radical (unpaired) electrons. The molecule has 0 fully saturated rings. The van der Waals surface area contributed by atoms with Gasteiger partial charge in [0.05, 0.1) is 16.7 Å². The summed E-state index contributed by atoms with van der Waals surface area (Å²) in [6.07, 6.45) is 7.30. The Morgan fingerprint density at radius 3 is 2.47 bits per heavy atom. The minimum Gasteiger partial charge on any atom is -0.507 e. The van der Waals surface area contributed by atoms with E-state index in [1.54, 1.807) is 19.1 Å². The van der Waals surface area contributed by atoms with Crippen LogP contribution in [0.5, 0.6) is 17.2 Å². The molecule has 2 aromatic carbocycles. The van der Waals surface area contributed by atoms with E-state index >= 15 is 0 Å². The molecule has 1 unspecified atom stereocenters. The lowest BCUT2D eigenvalue weighted by Gasteiger charge is -2.33. The molecule has 0 saturated carbocycles. The average Bonchev–Trinajstić information content (AvgIpc) is 2.64. The third-order valence-electron chi connectivity index (χ3n) is 5.65. The van der Waals surface area contributed by atoms with Gasteiger partial charge in [-0.1, -0.05) is 11.6 Å². The van der Waals surface area contributed by atoms with Crippen molar-refractivity contribution in [1.82, 2.24) is 0 Å². The Morgan fingerprint density at radius 1 is 1.07 bits per heavy atom. The van der Waals surface area contributed by atoms with Gasteiger partial charge in [0.25, 0.3) is 0 Å². The number of allylic oxidation sites excluding steroid dienone is 2. The van der Waals surface area contributed by atoms with Crippen LogP contribution in [0.2, 0.25) is 0 Å². The molecule has 1 heterocycles. The number of phenolic OH excluding ortho intramolecular Hbond substituents is 2. The number of carbonyl (C=O) groups excluding carboxylic acids is 2. The second-order valence-corrected chi connectivity index (χ2v) is 8.49. The minimum absolute atomic E-state index is 0.0689. The van der Waals surface area contributed by atoms with Gasteiger partial charge < -0.3 is 14.9 Å². The van der Waals surface area contributed by atoms with E-state index in [1.807, 2.05) is 26.8 Å². The average molecular weight is 404 g/mol. The lowest BCUT2D eigenvalue weighted by atomic mass is 9.80. The van der Waals surface area contributed by atoms with Crippen molar-refractivity contribution in [3.8, 4) is 17.2 Å². The molecular weight excluding hydrogens is 380 g/mol. The van der Waals surface area contributed by atoms with Gasteiger partial charge in [-0.15, -0.1) is 0 Å². The Kier molecular flexibility index (Phi) is 4.57. The van der Waals surface area contributed by atoms with Crippen LogP contribution in [-0.2, 0) is 0 Å². The molecule has 5 nitrogen and oxygen atoms in total. The molecule has 5 heteroatoms. The first-order valence-electron chi connectivity index (χ1n) is 9.96. The largest absolute Gasteiger partial charge is 0.507 e. The Morgan fingerprint density at radius 2 is 1.77 bits per heavy atom. The van der Waals surface area contributed by atoms with Crippen molar-refractivity contribution >= 4 is 17.6 Å². The van der Waals surface area contributed by atoms with Crippen LogP contribution in [0.3, 0.4) is 0 Å². The van der Waals surface area contributed by atoms with Crippen LogP contribution in [0.4, 0.5) is 0 Å². The standard InChI is InChI=1S/C25H24O5/c1-13(2)6-5-8-25(4)9-7-15-19(30-25)12-17-21(23(15)28)24(29)20-16(22(17)27)10-14(3)11-18(20)26/h6-7,9-12,26,28H,5,8H2,1-4H3. The normalized spacial score (nSPS) is 18.9. The van der Waals surface area contributed by atoms with E-state index in [9.17, 15) is 19.8 Å². The fraction of sp³-hybridized carbons (Fsp3) is 0.280. The van der Waals surface area contributed by atoms with Crippen LogP contribution < -0.4 is 4.74 Å². The van der Waals surface area contributed by atoms with Crippen LogP contribution in [0.1, 0.15) is 76.6 Å². The van der Waals surface area contributed by atoms with Crippen molar-refractivity contribution in [2.45, 2.75) is 46.1 Å². The van der Waals surface area contributed by atoms with Gasteiger partial charge in [-0.25, -0.2) is 0 Å². The highest BCUT2D eigenvalue weighted by Crippen LogP contribution is 2.45. The van der Waals surface area contributed by atoms with Crippen LogP contribution in [0, 0.1) is 6.92 Å². The Hall–Kier alpha value is -3.34. The maximum absolute atomic E-state index is 13.1. The number of hydrogen-bond donors (Lipinski definition) is 2. The molecule has 4 rings (SSSR count). The number of phenols is 2. The summed E-state index contributed by atoms with van der Waals surface area (Å²) in [7, 11) is 0. The molecule has 1 aliphatic carbocycles. The first-order valence-corrected chi connectivity index (χ1v) is 9.96. The van der Waals surface area contributed by atoms with E-state index < -0.39 is 17.2 Å². The molecule has 1 aliphatic heterocycles. The fourth-order valence-corrected chi connectivity index (χ4v) is 4.10. The van der Waals surface area contributed by atoms with Crippen molar-refractivity contribution in [3.63, 3.8) is 0 Å². The number of aromatic hydroxyl groups is 2.